The van der Waals surface area contributed by atoms with Gasteiger partial charge in [-0.1, -0.05) is 65.7 Å². The van der Waals surface area contributed by atoms with Crippen LogP contribution in [0.5, 0.6) is 5.75 Å². The van der Waals surface area contributed by atoms with E-state index >= 15 is 0 Å². The van der Waals surface area contributed by atoms with Gasteiger partial charge in [0, 0.05) is 35.6 Å². The molecule has 0 aliphatic carbocycles. The summed E-state index contributed by atoms with van der Waals surface area (Å²) in [5, 5.41) is 1.60. The maximum Gasteiger partial charge on any atom is 0.253 e. The largest absolute Gasteiger partial charge is 0.487 e. The fourth-order valence-electron chi connectivity index (χ4n) is 3.50. The van der Waals surface area contributed by atoms with Crippen molar-refractivity contribution < 1.29 is 14.3 Å². The molecule has 0 radical (unpaired) electrons. The van der Waals surface area contributed by atoms with Gasteiger partial charge in [0.15, 0.2) is 0 Å². The zero-order valence-electron chi connectivity index (χ0n) is 19.2. The van der Waals surface area contributed by atoms with Gasteiger partial charge in [-0.2, -0.15) is 0 Å². The molecule has 3 aromatic carbocycles. The third kappa shape index (κ3) is 5.88. The summed E-state index contributed by atoms with van der Waals surface area (Å²) in [7, 11) is 3.34. The van der Waals surface area contributed by atoms with Gasteiger partial charge in [0.2, 0.25) is 5.78 Å². The molecular weight excluding hydrogens is 483 g/mol. The topological polar surface area (TPSA) is 59.5 Å². The number of allylic oxidation sites excluding steroid dienone is 1. The molecule has 0 saturated heterocycles. The molecule has 0 aliphatic heterocycles. The quantitative estimate of drug-likeness (QED) is 0.209. The van der Waals surface area contributed by atoms with Crippen molar-refractivity contribution >= 4 is 51.9 Å². The van der Waals surface area contributed by atoms with E-state index in [-0.39, 0.29) is 23.3 Å². The molecular formula is C28H22Cl2N2O3. The second-order valence-electron chi connectivity index (χ2n) is 8.06. The Bertz CT molecular complexity index is 1450. The summed E-state index contributed by atoms with van der Waals surface area (Å²) in [4.78, 5) is 31.5. The van der Waals surface area contributed by atoms with Crippen LogP contribution in [0.25, 0.3) is 17.0 Å². The number of fused-ring (bicyclic) bond motifs is 1. The Kier molecular flexibility index (Phi) is 7.49. The minimum atomic E-state index is -0.373. The molecule has 1 aromatic heterocycles. The number of ketones is 1. The molecule has 1 amide bonds. The van der Waals surface area contributed by atoms with Crippen LogP contribution in [0.3, 0.4) is 0 Å². The Labute approximate surface area is 213 Å². The minimum Gasteiger partial charge on any atom is -0.487 e. The third-order valence-corrected chi connectivity index (χ3v) is 5.81. The lowest BCUT2D eigenvalue weighted by Gasteiger charge is -2.12. The number of pyridine rings is 1. The molecule has 0 saturated carbocycles. The van der Waals surface area contributed by atoms with Crippen molar-refractivity contribution in [3.8, 4) is 5.75 Å². The SMILES string of the molecule is CN(C)C(=O)c1ccccc1/C=C(\Cl)C(=O)c1cccc(OCc2ccc3ccc(Cl)cc3n2)c1. The number of hydrogen-bond donors (Lipinski definition) is 0. The average Bonchev–Trinajstić information content (AvgIpc) is 2.86. The van der Waals surface area contributed by atoms with E-state index in [9.17, 15) is 9.59 Å². The van der Waals surface area contributed by atoms with Gasteiger partial charge < -0.3 is 9.64 Å². The molecule has 35 heavy (non-hydrogen) atoms. The first-order valence-electron chi connectivity index (χ1n) is 10.8. The lowest BCUT2D eigenvalue weighted by molar-refractivity contribution is 0.0827. The van der Waals surface area contributed by atoms with Gasteiger partial charge in [-0.25, -0.2) is 4.98 Å². The maximum absolute atomic E-state index is 13.0. The van der Waals surface area contributed by atoms with E-state index in [2.05, 4.69) is 4.98 Å². The monoisotopic (exact) mass is 504 g/mol. The Morgan fingerprint density at radius 1 is 0.971 bits per heavy atom. The van der Waals surface area contributed by atoms with Crippen LogP contribution in [0.1, 0.15) is 32.0 Å². The van der Waals surface area contributed by atoms with Crippen LogP contribution in [0.2, 0.25) is 5.02 Å². The molecule has 0 fully saturated rings. The Balaban J connectivity index is 1.51. The normalized spacial score (nSPS) is 11.4. The summed E-state index contributed by atoms with van der Waals surface area (Å²) < 4.78 is 5.88. The molecule has 0 bridgehead atoms. The number of ether oxygens (including phenoxy) is 1. The van der Waals surface area contributed by atoms with Crippen molar-refractivity contribution in [1.29, 1.82) is 0 Å². The lowest BCUT2D eigenvalue weighted by atomic mass is 10.0. The van der Waals surface area contributed by atoms with Crippen LogP contribution in [0, 0.1) is 0 Å². The number of hydrogen-bond acceptors (Lipinski definition) is 4. The van der Waals surface area contributed by atoms with Crippen molar-refractivity contribution in [2.24, 2.45) is 0 Å². The van der Waals surface area contributed by atoms with Crippen LogP contribution in [-0.4, -0.2) is 35.7 Å². The Morgan fingerprint density at radius 2 is 1.74 bits per heavy atom. The number of amides is 1. The van der Waals surface area contributed by atoms with Crippen molar-refractivity contribution in [3.63, 3.8) is 0 Å². The number of Topliss-reactive ketones (excluding diaryl/α,β-unsaturated/α-hetero) is 1. The summed E-state index contributed by atoms with van der Waals surface area (Å²) in [5.41, 5.74) is 2.92. The first kappa shape index (κ1) is 24.5. The van der Waals surface area contributed by atoms with Crippen LogP contribution >= 0.6 is 23.2 Å². The number of halogens is 2. The molecule has 176 valence electrons. The van der Waals surface area contributed by atoms with Crippen LogP contribution in [0.4, 0.5) is 0 Å². The highest BCUT2D eigenvalue weighted by molar-refractivity contribution is 6.47. The van der Waals surface area contributed by atoms with Gasteiger partial charge in [-0.3, -0.25) is 9.59 Å². The molecule has 1 heterocycles. The lowest BCUT2D eigenvalue weighted by Crippen LogP contribution is -2.22. The van der Waals surface area contributed by atoms with E-state index in [1.807, 2.05) is 24.3 Å². The van der Waals surface area contributed by atoms with E-state index < -0.39 is 0 Å². The molecule has 0 spiro atoms. The second kappa shape index (κ2) is 10.7. The van der Waals surface area contributed by atoms with Gasteiger partial charge in [-0.05, 0) is 48.0 Å². The fourth-order valence-corrected chi connectivity index (χ4v) is 3.89. The fraction of sp³-hybridized carbons (Fsp3) is 0.107. The zero-order valence-corrected chi connectivity index (χ0v) is 20.7. The predicted molar refractivity (Wildman–Crippen MR) is 140 cm³/mol. The highest BCUT2D eigenvalue weighted by Gasteiger charge is 2.15. The number of nitrogens with zero attached hydrogens (tertiary/aromatic N) is 2. The van der Waals surface area contributed by atoms with Gasteiger partial charge in [0.1, 0.15) is 12.4 Å². The summed E-state index contributed by atoms with van der Waals surface area (Å²) in [6.07, 6.45) is 1.51. The molecule has 4 aromatic rings. The molecule has 0 atom stereocenters. The molecule has 0 N–H and O–H groups in total. The summed E-state index contributed by atoms with van der Waals surface area (Å²) >= 11 is 12.4. The standard InChI is InChI=1S/C28H22Cl2N2O3/c1-32(2)28(34)24-9-4-3-6-19(24)15-25(30)27(33)20-7-5-8-23(14-20)35-17-22-13-11-18-10-12-21(29)16-26(18)31-22/h3-16H,17H2,1-2H3/b25-15-. The zero-order chi connectivity index (χ0) is 24.9. The minimum absolute atomic E-state index is 0.00534. The number of aromatic nitrogens is 1. The van der Waals surface area contributed by atoms with E-state index in [1.165, 1.54) is 11.0 Å². The molecule has 4 rings (SSSR count). The van der Waals surface area contributed by atoms with Crippen molar-refractivity contribution in [1.82, 2.24) is 9.88 Å². The number of benzene rings is 3. The molecule has 0 unspecified atom stereocenters. The first-order chi connectivity index (χ1) is 16.8. The van der Waals surface area contributed by atoms with Gasteiger partial charge in [0.05, 0.1) is 16.2 Å². The predicted octanol–water partition coefficient (Wildman–Crippen LogP) is 6.63. The average molecular weight is 505 g/mol. The van der Waals surface area contributed by atoms with Gasteiger partial charge in [0.25, 0.3) is 5.91 Å². The van der Waals surface area contributed by atoms with Crippen LogP contribution in [-0.2, 0) is 6.61 Å². The second-order valence-corrected chi connectivity index (χ2v) is 8.91. The Hall–Kier alpha value is -3.67. The third-order valence-electron chi connectivity index (χ3n) is 5.29. The van der Waals surface area contributed by atoms with E-state index in [0.29, 0.717) is 27.5 Å². The summed E-state index contributed by atoms with van der Waals surface area (Å²) in [6.45, 7) is 0.226. The molecule has 5 nitrogen and oxygen atoms in total. The summed E-state index contributed by atoms with van der Waals surface area (Å²) in [5.74, 6) is -0.0343. The van der Waals surface area contributed by atoms with E-state index in [1.54, 1.807) is 68.7 Å². The van der Waals surface area contributed by atoms with Crippen molar-refractivity contribution in [3.05, 3.63) is 111 Å². The number of carbonyl (C=O) groups excluding carboxylic acids is 2. The highest BCUT2D eigenvalue weighted by atomic mass is 35.5. The van der Waals surface area contributed by atoms with Gasteiger partial charge >= 0.3 is 0 Å². The number of rotatable bonds is 7. The van der Waals surface area contributed by atoms with Crippen LogP contribution < -0.4 is 4.74 Å². The highest BCUT2D eigenvalue weighted by Crippen LogP contribution is 2.23. The smallest absolute Gasteiger partial charge is 0.253 e. The van der Waals surface area contributed by atoms with E-state index in [4.69, 9.17) is 27.9 Å². The molecule has 0 aliphatic rings. The van der Waals surface area contributed by atoms with E-state index in [0.717, 1.165) is 16.6 Å². The van der Waals surface area contributed by atoms with Gasteiger partial charge in [-0.15, -0.1) is 0 Å². The number of carbonyl (C=O) groups is 2. The molecule has 7 heteroatoms. The summed E-state index contributed by atoms with van der Waals surface area (Å²) in [6, 6.07) is 23.2. The Morgan fingerprint density at radius 3 is 2.54 bits per heavy atom. The van der Waals surface area contributed by atoms with Crippen LogP contribution in [0.15, 0.2) is 83.9 Å². The van der Waals surface area contributed by atoms with Crippen molar-refractivity contribution in [2.45, 2.75) is 6.61 Å². The first-order valence-corrected chi connectivity index (χ1v) is 11.6. The maximum atomic E-state index is 13.0. The van der Waals surface area contributed by atoms with Crippen molar-refractivity contribution in [2.75, 3.05) is 14.1 Å².